The summed E-state index contributed by atoms with van der Waals surface area (Å²) in [5.41, 5.74) is 0.629. The van der Waals surface area contributed by atoms with E-state index in [1.807, 2.05) is 78.9 Å². The molecule has 11 heteroatoms. The molecule has 4 aromatic carbocycles. The minimum atomic E-state index is -2.54. The molecule has 8 rings (SSSR count). The van der Waals surface area contributed by atoms with E-state index in [9.17, 15) is 14.7 Å². The zero-order valence-corrected chi connectivity index (χ0v) is 31.4. The van der Waals surface area contributed by atoms with Crippen LogP contribution in [0.3, 0.4) is 0 Å². The third kappa shape index (κ3) is 5.52. The van der Waals surface area contributed by atoms with E-state index in [2.05, 4.69) is 37.2 Å². The van der Waals surface area contributed by atoms with E-state index in [4.69, 9.17) is 9.47 Å². The van der Waals surface area contributed by atoms with Crippen LogP contribution in [0.15, 0.2) is 108 Å². The van der Waals surface area contributed by atoms with Gasteiger partial charge in [0.05, 0.1) is 63.3 Å². The second-order valence-electron chi connectivity index (χ2n) is 15.1. The molecule has 10 nitrogen and oxygen atoms in total. The lowest BCUT2D eigenvalue weighted by molar-refractivity contribution is -0.149. The van der Waals surface area contributed by atoms with E-state index in [-0.39, 0.29) is 47.9 Å². The van der Waals surface area contributed by atoms with Gasteiger partial charge in [0, 0.05) is 29.1 Å². The number of methoxy groups -OCH3 is 1. The lowest BCUT2D eigenvalue weighted by Crippen LogP contribution is -2.52. The molecule has 272 valence electrons. The summed E-state index contributed by atoms with van der Waals surface area (Å²) < 4.78 is 14.1. The second kappa shape index (κ2) is 13.4. The number of aliphatic hydroxyl groups is 1. The number of para-hydroxylation sites is 1. The van der Waals surface area contributed by atoms with Crippen LogP contribution in [0.1, 0.15) is 31.7 Å². The van der Waals surface area contributed by atoms with Crippen molar-refractivity contribution < 1.29 is 24.2 Å². The van der Waals surface area contributed by atoms with E-state index < -0.39 is 19.8 Å². The van der Waals surface area contributed by atoms with Gasteiger partial charge in [0.25, 0.3) is 11.5 Å². The Balaban J connectivity index is 1.30. The van der Waals surface area contributed by atoms with E-state index >= 15 is 4.79 Å². The van der Waals surface area contributed by atoms with Gasteiger partial charge in [0.15, 0.2) is 5.60 Å². The first-order valence-corrected chi connectivity index (χ1v) is 21.4. The first-order chi connectivity index (χ1) is 25.6. The largest absolute Gasteiger partial charge is 0.497 e. The van der Waals surface area contributed by atoms with Crippen LogP contribution in [0, 0.1) is 5.92 Å². The van der Waals surface area contributed by atoms with Crippen molar-refractivity contribution in [2.45, 2.75) is 62.6 Å². The highest BCUT2D eigenvalue weighted by Crippen LogP contribution is 2.61. The number of amides is 2. The van der Waals surface area contributed by atoms with Gasteiger partial charge in [-0.1, -0.05) is 73.7 Å². The summed E-state index contributed by atoms with van der Waals surface area (Å²) in [6.07, 6.45) is 2.75. The molecule has 53 heavy (non-hydrogen) atoms. The molecule has 1 aromatic heterocycles. The van der Waals surface area contributed by atoms with Gasteiger partial charge in [-0.15, -0.1) is 0 Å². The fourth-order valence-electron chi connectivity index (χ4n) is 9.31. The zero-order chi connectivity index (χ0) is 37.1. The van der Waals surface area contributed by atoms with Crippen molar-refractivity contribution in [2.75, 3.05) is 25.2 Å². The predicted molar refractivity (Wildman–Crippen MR) is 207 cm³/mol. The molecular weight excluding hydrogens is 685 g/mol. The van der Waals surface area contributed by atoms with Crippen LogP contribution < -0.4 is 20.4 Å². The summed E-state index contributed by atoms with van der Waals surface area (Å²) in [5.74, 6) is 0.0837. The van der Waals surface area contributed by atoms with E-state index in [1.54, 1.807) is 29.2 Å². The van der Waals surface area contributed by atoms with Gasteiger partial charge in [-0.25, -0.2) is 0 Å². The van der Waals surface area contributed by atoms with Crippen LogP contribution in [-0.2, 0) is 19.9 Å². The molecule has 2 fully saturated rings. The zero-order valence-electron chi connectivity index (χ0n) is 30.4. The summed E-state index contributed by atoms with van der Waals surface area (Å²) >= 11 is 0. The Bertz CT molecular complexity index is 2260. The van der Waals surface area contributed by atoms with Crippen LogP contribution in [-0.4, -0.2) is 72.1 Å². The van der Waals surface area contributed by atoms with Crippen molar-refractivity contribution in [1.29, 1.82) is 0 Å². The van der Waals surface area contributed by atoms with Crippen molar-refractivity contribution >= 4 is 47.2 Å². The molecule has 3 aliphatic heterocycles. The van der Waals surface area contributed by atoms with Gasteiger partial charge >= 0.3 is 0 Å². The van der Waals surface area contributed by atoms with Gasteiger partial charge in [-0.3, -0.25) is 19.3 Å². The van der Waals surface area contributed by atoms with Crippen LogP contribution in [0.2, 0.25) is 18.6 Å². The van der Waals surface area contributed by atoms with Crippen molar-refractivity contribution in [3.8, 4) is 11.4 Å². The Morgan fingerprint density at radius 1 is 0.981 bits per heavy atom. The number of ether oxygens (including phenoxy) is 2. The number of hydrogen-bond donors (Lipinski definition) is 1. The Kier molecular flexibility index (Phi) is 8.83. The molecule has 0 bridgehead atoms. The van der Waals surface area contributed by atoms with Gasteiger partial charge in [0.1, 0.15) is 5.75 Å². The minimum Gasteiger partial charge on any atom is -0.497 e. The molecule has 0 radical (unpaired) electrons. The van der Waals surface area contributed by atoms with E-state index in [1.165, 1.54) is 4.68 Å². The maximum Gasteiger partial charge on any atom is 0.279 e. The highest BCUT2D eigenvalue weighted by molar-refractivity contribution is 6.91. The Hall–Kier alpha value is -5.10. The molecule has 0 saturated carbocycles. The fraction of sp³-hybridized carbons (Fsp3) is 0.333. The number of carbonyl (C=O) groups excluding carboxylic acids is 2. The number of hydrogen-bond acceptors (Lipinski definition) is 7. The predicted octanol–water partition coefficient (Wildman–Crippen LogP) is 5.66. The summed E-state index contributed by atoms with van der Waals surface area (Å²) in [6, 6.07) is 30.3. The first kappa shape index (κ1) is 35.0. The number of aliphatic hydroxyl groups excluding tert-OH is 1. The number of benzene rings is 4. The van der Waals surface area contributed by atoms with Gasteiger partial charge in [-0.05, 0) is 66.9 Å². The quantitative estimate of drug-likeness (QED) is 0.205. The van der Waals surface area contributed by atoms with Crippen LogP contribution in [0.25, 0.3) is 16.5 Å². The summed E-state index contributed by atoms with van der Waals surface area (Å²) in [6.45, 7) is 7.15. The highest BCUT2D eigenvalue weighted by atomic mass is 28.3. The van der Waals surface area contributed by atoms with Gasteiger partial charge in [0.2, 0.25) is 5.91 Å². The molecular formula is C42H44N4O6Si. The number of anilines is 2. The van der Waals surface area contributed by atoms with Crippen LogP contribution >= 0.6 is 0 Å². The normalized spacial score (nSPS) is 24.0. The smallest absolute Gasteiger partial charge is 0.279 e. The summed E-state index contributed by atoms with van der Waals surface area (Å²) in [5, 5.41) is 17.1. The monoisotopic (exact) mass is 728 g/mol. The Morgan fingerprint density at radius 2 is 1.72 bits per heavy atom. The van der Waals surface area contributed by atoms with Crippen LogP contribution in [0.4, 0.5) is 11.4 Å². The van der Waals surface area contributed by atoms with Crippen molar-refractivity contribution in [3.63, 3.8) is 0 Å². The minimum absolute atomic E-state index is 0.0772. The third-order valence-electron chi connectivity index (χ3n) is 12.0. The van der Waals surface area contributed by atoms with Crippen molar-refractivity contribution in [2.24, 2.45) is 5.92 Å². The molecule has 5 aromatic rings. The molecule has 1 spiro atoms. The van der Waals surface area contributed by atoms with E-state index in [0.29, 0.717) is 34.6 Å². The molecule has 2 saturated heterocycles. The molecule has 2 amide bonds. The maximum absolute atomic E-state index is 15.4. The number of carbonyl (C=O) groups is 2. The SMILES string of the molecule is COc1ccc([Si](C)(C)[C@@H]2[C@@H](CC(=O)N3CCC[C@H]3CO)O[C@]3(C(=O)N(c4ccccc4)c4ccc(-n5ncc6ccccc6c5=O)cc43)[C@H]2C)cc1. The lowest BCUT2D eigenvalue weighted by Gasteiger charge is -2.37. The topological polar surface area (TPSA) is 114 Å². The number of nitrogens with zero attached hydrogens (tertiary/aromatic N) is 4. The maximum atomic E-state index is 15.4. The Labute approximate surface area is 309 Å². The molecule has 4 heterocycles. The molecule has 3 aliphatic rings. The second-order valence-corrected chi connectivity index (χ2v) is 19.7. The molecule has 0 unspecified atom stereocenters. The number of aromatic nitrogens is 2. The van der Waals surface area contributed by atoms with Crippen molar-refractivity contribution in [3.05, 3.63) is 119 Å². The third-order valence-corrected chi connectivity index (χ3v) is 16.3. The standard InChI is InChI=1S/C42H44N4O6Si/c1-27-39(53(3,4)33-19-17-32(51-2)18-20-33)37(24-38(48)44-22-10-14-31(44)26-47)52-42(27)35-23-30(46-40(49)34-15-9-8-11-28(34)25-43-46)16-21-36(35)45(41(42)50)29-12-6-5-7-13-29/h5-9,11-13,15-21,23,25,27,31,37,39,47H,10,14,22,24,26H2,1-4H3/t27-,31-,37+,39-,42+/m0/s1. The molecule has 0 aliphatic carbocycles. The fourth-order valence-corrected chi connectivity index (χ4v) is 13.3. The van der Waals surface area contributed by atoms with Crippen molar-refractivity contribution in [1.82, 2.24) is 14.7 Å². The summed E-state index contributed by atoms with van der Waals surface area (Å²) in [7, 11) is -0.897. The highest BCUT2D eigenvalue weighted by Gasteiger charge is 2.67. The number of likely N-dealkylation sites (tertiary alicyclic amines) is 1. The summed E-state index contributed by atoms with van der Waals surface area (Å²) in [4.78, 5) is 46.8. The van der Waals surface area contributed by atoms with E-state index in [0.717, 1.165) is 29.2 Å². The molecule has 5 atom stereocenters. The van der Waals surface area contributed by atoms with Crippen LogP contribution in [0.5, 0.6) is 5.75 Å². The average Bonchev–Trinajstić information content (AvgIpc) is 3.85. The number of rotatable bonds is 8. The lowest BCUT2D eigenvalue weighted by atomic mass is 9.82. The van der Waals surface area contributed by atoms with Gasteiger partial charge in [-0.2, -0.15) is 9.78 Å². The first-order valence-electron chi connectivity index (χ1n) is 18.3. The molecule has 1 N–H and O–H groups in total. The number of fused-ring (bicyclic) bond motifs is 3. The van der Waals surface area contributed by atoms with Gasteiger partial charge < -0.3 is 19.5 Å². The Morgan fingerprint density at radius 3 is 2.45 bits per heavy atom. The average molecular weight is 729 g/mol.